The van der Waals surface area contributed by atoms with Gasteiger partial charge in [0.15, 0.2) is 0 Å². The monoisotopic (exact) mass is 379 g/mol. The fourth-order valence-electron chi connectivity index (χ4n) is 3.08. The summed E-state index contributed by atoms with van der Waals surface area (Å²) in [6.45, 7) is 2.48. The van der Waals surface area contributed by atoms with Crippen LogP contribution in [-0.2, 0) is 9.53 Å². The summed E-state index contributed by atoms with van der Waals surface area (Å²) in [5.41, 5.74) is 0.557. The highest BCUT2D eigenvalue weighted by atomic mass is 16.7. The molecule has 27 heavy (non-hydrogen) atoms. The van der Waals surface area contributed by atoms with E-state index in [-0.39, 0.29) is 5.75 Å². The van der Waals surface area contributed by atoms with Gasteiger partial charge in [-0.15, -0.1) is 0 Å². The van der Waals surface area contributed by atoms with Crippen molar-refractivity contribution in [2.45, 2.75) is 44.5 Å². The van der Waals surface area contributed by atoms with Crippen molar-refractivity contribution in [3.05, 3.63) is 40.2 Å². The van der Waals surface area contributed by atoms with Gasteiger partial charge >= 0.3 is 5.63 Å². The first-order valence-electron chi connectivity index (χ1n) is 8.41. The van der Waals surface area contributed by atoms with Gasteiger partial charge in [0, 0.05) is 24.4 Å². The predicted molar refractivity (Wildman–Crippen MR) is 93.2 cm³/mol. The summed E-state index contributed by atoms with van der Waals surface area (Å²) in [6.07, 6.45) is -5.08. The van der Waals surface area contributed by atoms with Crippen molar-refractivity contribution in [1.82, 2.24) is 5.32 Å². The SMILES string of the molecule is CC(=O)NC1C(O)[C@H](O)C(CO)O[C@H]1Oc1ccc2c(C)cc(=O)oc2c1. The molecule has 3 unspecified atom stereocenters. The summed E-state index contributed by atoms with van der Waals surface area (Å²) in [5.74, 6) is -0.192. The van der Waals surface area contributed by atoms with E-state index < -0.39 is 48.8 Å². The summed E-state index contributed by atoms with van der Waals surface area (Å²) in [6, 6.07) is 5.12. The second-order valence-electron chi connectivity index (χ2n) is 6.46. The fraction of sp³-hybridized carbons (Fsp3) is 0.444. The Kier molecular flexibility index (Phi) is 5.47. The number of rotatable bonds is 4. The molecule has 3 rings (SSSR count). The van der Waals surface area contributed by atoms with Crippen LogP contribution < -0.4 is 15.7 Å². The van der Waals surface area contributed by atoms with Crippen LogP contribution in [0.5, 0.6) is 5.75 Å². The number of carbonyl (C=O) groups excluding carboxylic acids is 1. The van der Waals surface area contributed by atoms with Crippen molar-refractivity contribution in [3.63, 3.8) is 0 Å². The van der Waals surface area contributed by atoms with Gasteiger partial charge in [0.1, 0.15) is 35.7 Å². The Morgan fingerprint density at radius 3 is 2.67 bits per heavy atom. The minimum Gasteiger partial charge on any atom is -0.462 e. The van der Waals surface area contributed by atoms with E-state index in [0.29, 0.717) is 5.58 Å². The summed E-state index contributed by atoms with van der Waals surface area (Å²) in [4.78, 5) is 23.0. The molecule has 1 amide bonds. The average molecular weight is 379 g/mol. The highest BCUT2D eigenvalue weighted by Crippen LogP contribution is 2.27. The van der Waals surface area contributed by atoms with E-state index in [1.54, 1.807) is 19.1 Å². The largest absolute Gasteiger partial charge is 0.462 e. The molecule has 0 bridgehead atoms. The molecule has 1 aliphatic rings. The van der Waals surface area contributed by atoms with E-state index in [0.717, 1.165) is 10.9 Å². The summed E-state index contributed by atoms with van der Waals surface area (Å²) in [5, 5.41) is 32.9. The number of fused-ring (bicyclic) bond motifs is 1. The molecule has 9 nitrogen and oxygen atoms in total. The van der Waals surface area contributed by atoms with Crippen molar-refractivity contribution >= 4 is 16.9 Å². The van der Waals surface area contributed by atoms with Crippen LogP contribution in [0.15, 0.2) is 33.5 Å². The number of hydrogen-bond donors (Lipinski definition) is 4. The smallest absolute Gasteiger partial charge is 0.336 e. The van der Waals surface area contributed by atoms with Crippen LogP contribution in [0.1, 0.15) is 12.5 Å². The van der Waals surface area contributed by atoms with Crippen LogP contribution in [0.4, 0.5) is 0 Å². The van der Waals surface area contributed by atoms with Crippen molar-refractivity contribution < 1.29 is 34.0 Å². The molecular weight excluding hydrogens is 358 g/mol. The van der Waals surface area contributed by atoms with Crippen LogP contribution in [0.2, 0.25) is 0 Å². The van der Waals surface area contributed by atoms with Crippen molar-refractivity contribution in [3.8, 4) is 5.75 Å². The Bertz CT molecular complexity index is 895. The quantitative estimate of drug-likeness (QED) is 0.518. The van der Waals surface area contributed by atoms with Gasteiger partial charge in [-0.3, -0.25) is 4.79 Å². The molecular formula is C18H21NO8. The first kappa shape index (κ1) is 19.3. The third-order valence-electron chi connectivity index (χ3n) is 4.43. The molecule has 2 heterocycles. The predicted octanol–water partition coefficient (Wildman–Crippen LogP) is -0.576. The Morgan fingerprint density at radius 2 is 2.00 bits per heavy atom. The Balaban J connectivity index is 1.91. The molecule has 9 heteroatoms. The standard InChI is InChI=1S/C18H21NO8/c1-8-5-14(22)26-12-6-10(3-4-11(8)12)25-18-15(19-9(2)21)17(24)16(23)13(7-20)27-18/h3-6,13,15-18,20,23-24H,7H2,1-2H3,(H,19,21)/t13?,15?,16-,17?,18-/m1/s1. The number of ether oxygens (including phenoxy) is 2. The van der Waals surface area contributed by atoms with Crippen LogP contribution >= 0.6 is 0 Å². The first-order valence-corrected chi connectivity index (χ1v) is 8.41. The molecule has 2 aromatic rings. The van der Waals surface area contributed by atoms with Crippen molar-refractivity contribution in [1.29, 1.82) is 0 Å². The zero-order valence-electron chi connectivity index (χ0n) is 14.8. The number of hydrogen-bond acceptors (Lipinski definition) is 8. The van der Waals surface area contributed by atoms with Crippen molar-refractivity contribution in [2.24, 2.45) is 0 Å². The van der Waals surface area contributed by atoms with E-state index in [1.807, 2.05) is 0 Å². The number of carbonyl (C=O) groups is 1. The zero-order chi connectivity index (χ0) is 19.7. The molecule has 1 aromatic heterocycles. The third kappa shape index (κ3) is 3.96. The molecule has 0 radical (unpaired) electrons. The maximum absolute atomic E-state index is 11.6. The van der Waals surface area contributed by atoms with E-state index in [1.165, 1.54) is 19.1 Å². The highest BCUT2D eigenvalue weighted by Gasteiger charge is 2.46. The Hall–Kier alpha value is -2.46. The number of amides is 1. The lowest BCUT2D eigenvalue weighted by molar-refractivity contribution is -0.244. The van der Waals surface area contributed by atoms with Crippen LogP contribution in [0.25, 0.3) is 11.0 Å². The normalized spacial score (nSPS) is 28.1. The minimum atomic E-state index is -1.41. The van der Waals surface area contributed by atoms with Gasteiger partial charge in [-0.2, -0.15) is 0 Å². The van der Waals surface area contributed by atoms with Crippen molar-refractivity contribution in [2.75, 3.05) is 6.61 Å². The molecule has 0 spiro atoms. The topological polar surface area (TPSA) is 138 Å². The number of nitrogens with one attached hydrogen (secondary N) is 1. The third-order valence-corrected chi connectivity index (χ3v) is 4.43. The fourth-order valence-corrected chi connectivity index (χ4v) is 3.08. The molecule has 1 aromatic carbocycles. The highest BCUT2D eigenvalue weighted by molar-refractivity contribution is 5.81. The lowest BCUT2D eigenvalue weighted by Gasteiger charge is -2.42. The summed E-state index contributed by atoms with van der Waals surface area (Å²) < 4.78 is 16.4. The maximum Gasteiger partial charge on any atom is 0.336 e. The molecule has 146 valence electrons. The van der Waals surface area contributed by atoms with E-state index >= 15 is 0 Å². The minimum absolute atomic E-state index is 0.261. The molecule has 0 saturated carbocycles. The second-order valence-corrected chi connectivity index (χ2v) is 6.46. The van der Waals surface area contributed by atoms with E-state index in [4.69, 9.17) is 13.9 Å². The van der Waals surface area contributed by atoms with Crippen LogP contribution in [0, 0.1) is 6.92 Å². The van der Waals surface area contributed by atoms with Gasteiger partial charge < -0.3 is 34.5 Å². The molecule has 1 aliphatic heterocycles. The number of aliphatic hydroxyl groups excluding tert-OH is 3. The average Bonchev–Trinajstić information content (AvgIpc) is 2.60. The molecule has 0 aliphatic carbocycles. The Morgan fingerprint density at radius 1 is 1.26 bits per heavy atom. The van der Waals surface area contributed by atoms with E-state index in [2.05, 4.69) is 5.32 Å². The lowest BCUT2D eigenvalue weighted by atomic mass is 9.97. The van der Waals surface area contributed by atoms with Crippen LogP contribution in [0.3, 0.4) is 0 Å². The number of aryl methyl sites for hydroxylation is 1. The number of aliphatic hydroxyl groups is 3. The molecule has 1 fully saturated rings. The van der Waals surface area contributed by atoms with Gasteiger partial charge in [0.25, 0.3) is 0 Å². The zero-order valence-corrected chi connectivity index (χ0v) is 14.8. The van der Waals surface area contributed by atoms with Gasteiger partial charge in [0.05, 0.1) is 6.61 Å². The Labute approximate surface area is 154 Å². The van der Waals surface area contributed by atoms with Crippen LogP contribution in [-0.4, -0.2) is 58.5 Å². The maximum atomic E-state index is 11.6. The summed E-state index contributed by atoms with van der Waals surface area (Å²) >= 11 is 0. The first-order chi connectivity index (χ1) is 12.8. The second kappa shape index (κ2) is 7.65. The summed E-state index contributed by atoms with van der Waals surface area (Å²) in [7, 11) is 0. The van der Waals surface area contributed by atoms with E-state index in [9.17, 15) is 24.9 Å². The number of benzene rings is 1. The van der Waals surface area contributed by atoms with Gasteiger partial charge in [-0.1, -0.05) is 0 Å². The molecule has 1 saturated heterocycles. The molecule has 5 atom stereocenters. The van der Waals surface area contributed by atoms with Gasteiger partial charge in [0.2, 0.25) is 12.2 Å². The van der Waals surface area contributed by atoms with Gasteiger partial charge in [-0.25, -0.2) is 4.79 Å². The van der Waals surface area contributed by atoms with Gasteiger partial charge in [-0.05, 0) is 24.6 Å². The molecule has 4 N–H and O–H groups in total. The lowest BCUT2D eigenvalue weighted by Crippen LogP contribution is -2.65.